The number of hydrogen-bond donors (Lipinski definition) is 1. The molecule has 0 bridgehead atoms. The molecule has 2 heterocycles. The van der Waals surface area contributed by atoms with Crippen molar-refractivity contribution in [2.24, 2.45) is 10.9 Å². The lowest BCUT2D eigenvalue weighted by molar-refractivity contribution is -0.146. The van der Waals surface area contributed by atoms with Crippen molar-refractivity contribution in [3.63, 3.8) is 0 Å². The predicted molar refractivity (Wildman–Crippen MR) is 149 cm³/mol. The van der Waals surface area contributed by atoms with E-state index in [1.165, 1.54) is 37.3 Å². The van der Waals surface area contributed by atoms with Crippen molar-refractivity contribution in [3.05, 3.63) is 69.5 Å². The molecule has 0 aliphatic carbocycles. The van der Waals surface area contributed by atoms with E-state index in [0.717, 1.165) is 12.1 Å². The third-order valence-electron chi connectivity index (χ3n) is 6.33. The first-order valence-electron chi connectivity index (χ1n) is 12.5. The zero-order valence-corrected chi connectivity index (χ0v) is 25.0. The van der Waals surface area contributed by atoms with Gasteiger partial charge in [-0.25, -0.2) is 26.0 Å². The number of nitrogens with zero attached hydrogens (tertiary/aromatic N) is 1. The number of allylic oxidation sites excluding steroid dienone is 1. The molecule has 1 amide bonds. The monoisotopic (exact) mass is 626 g/mol. The Kier molecular flexibility index (Phi) is 8.36. The molecule has 1 N–H and O–H groups in total. The van der Waals surface area contributed by atoms with Crippen molar-refractivity contribution in [2.75, 3.05) is 18.9 Å². The molecule has 10 nitrogen and oxygen atoms in total. The van der Waals surface area contributed by atoms with Crippen LogP contribution in [0.5, 0.6) is 0 Å². The van der Waals surface area contributed by atoms with E-state index in [-0.39, 0.29) is 35.1 Å². The quantitative estimate of drug-likeness (QED) is 0.384. The van der Waals surface area contributed by atoms with Crippen LogP contribution in [0.25, 0.3) is 0 Å². The minimum absolute atomic E-state index is 0.00882. The number of fused-ring (bicyclic) bond motifs is 1. The first-order chi connectivity index (χ1) is 19.0. The maximum absolute atomic E-state index is 15.4. The van der Waals surface area contributed by atoms with E-state index in [0.29, 0.717) is 0 Å². The molecule has 2 aromatic rings. The van der Waals surface area contributed by atoms with Crippen LogP contribution in [0.15, 0.2) is 67.9 Å². The highest BCUT2D eigenvalue weighted by atomic mass is 35.5. The predicted octanol–water partition coefficient (Wildman–Crippen LogP) is 4.19. The van der Waals surface area contributed by atoms with Gasteiger partial charge < -0.3 is 14.8 Å². The van der Waals surface area contributed by atoms with E-state index < -0.39 is 75.4 Å². The fraction of sp³-hybridized carbons (Fsp3) is 0.370. The molecule has 2 unspecified atom stereocenters. The van der Waals surface area contributed by atoms with Crippen LogP contribution in [-0.4, -0.2) is 59.1 Å². The number of alkyl carbamates (subject to hydrolysis) is 1. The van der Waals surface area contributed by atoms with Gasteiger partial charge in [-0.05, 0) is 52.0 Å². The molecule has 0 aromatic heterocycles. The van der Waals surface area contributed by atoms with Crippen LogP contribution in [0.2, 0.25) is 5.02 Å². The Morgan fingerprint density at radius 2 is 1.73 bits per heavy atom. The van der Waals surface area contributed by atoms with Crippen LogP contribution in [0.4, 0.5) is 9.18 Å². The van der Waals surface area contributed by atoms with E-state index in [1.54, 1.807) is 20.8 Å². The second kappa shape index (κ2) is 11.2. The molecule has 220 valence electrons. The highest BCUT2D eigenvalue weighted by Crippen LogP contribution is 2.49. The second-order valence-electron chi connectivity index (χ2n) is 10.5. The third kappa shape index (κ3) is 6.16. The van der Waals surface area contributed by atoms with Crippen molar-refractivity contribution in [3.8, 4) is 0 Å². The third-order valence-corrected chi connectivity index (χ3v) is 10.5. The van der Waals surface area contributed by atoms with Gasteiger partial charge in [0.05, 0.1) is 32.7 Å². The molecular formula is C27H28ClFN2O8S2. The van der Waals surface area contributed by atoms with Gasteiger partial charge in [-0.3, -0.25) is 9.79 Å². The fourth-order valence-electron chi connectivity index (χ4n) is 4.76. The second-order valence-corrected chi connectivity index (χ2v) is 14.7. The number of esters is 1. The molecule has 0 saturated heterocycles. The number of halogens is 2. The SMILES string of the molecule is CC1=NC2=C(C(c3c(F)cccc3Cl)C1C(=O)OCCNC(=O)OC(C)(C)C)S(=O)(=O)c1ccccc1S(=O)(=O)C2. The number of hydrogen-bond acceptors (Lipinski definition) is 9. The van der Waals surface area contributed by atoms with Crippen molar-refractivity contribution >= 4 is 49.0 Å². The van der Waals surface area contributed by atoms with Gasteiger partial charge in [0.1, 0.15) is 23.9 Å². The Labute approximate surface area is 242 Å². The van der Waals surface area contributed by atoms with E-state index in [1.807, 2.05) is 0 Å². The minimum atomic E-state index is -4.64. The van der Waals surface area contributed by atoms with Gasteiger partial charge >= 0.3 is 12.1 Å². The van der Waals surface area contributed by atoms with Crippen LogP contribution in [0, 0.1) is 11.7 Å². The molecular weight excluding hydrogens is 599 g/mol. The summed E-state index contributed by atoms with van der Waals surface area (Å²) < 4.78 is 80.6. The lowest BCUT2D eigenvalue weighted by atomic mass is 9.80. The standard InChI is InChI=1S/C27H28ClFN2O8S2/c1-15-21(25(32)38-13-12-30-26(33)39-27(2,3)4)23(22-16(28)8-7-9-17(22)29)24-18(31-15)14-40(34,35)19-10-5-6-11-20(19)41(24,36)37/h5-11,21,23H,12-14H2,1-4H3,(H,30,33). The molecule has 0 radical (unpaired) electrons. The summed E-state index contributed by atoms with van der Waals surface area (Å²) in [5.41, 5.74) is -1.39. The number of carbonyl (C=O) groups excluding carboxylic acids is 2. The van der Waals surface area contributed by atoms with Gasteiger partial charge in [0.2, 0.25) is 9.84 Å². The fourth-order valence-corrected chi connectivity index (χ4v) is 9.08. The molecule has 41 heavy (non-hydrogen) atoms. The molecule has 2 atom stereocenters. The summed E-state index contributed by atoms with van der Waals surface area (Å²) in [5, 5.41) is 2.26. The molecule has 0 fully saturated rings. The summed E-state index contributed by atoms with van der Waals surface area (Å²) in [6.07, 6.45) is -0.737. The Morgan fingerprint density at radius 1 is 1.07 bits per heavy atom. The first-order valence-corrected chi connectivity index (χ1v) is 16.0. The summed E-state index contributed by atoms with van der Waals surface area (Å²) in [7, 11) is -8.82. The van der Waals surface area contributed by atoms with E-state index in [2.05, 4.69) is 10.3 Å². The van der Waals surface area contributed by atoms with Gasteiger partial charge in [-0.1, -0.05) is 29.8 Å². The largest absolute Gasteiger partial charge is 0.463 e. The Balaban J connectivity index is 1.79. The summed E-state index contributed by atoms with van der Waals surface area (Å²) in [4.78, 5) is 28.2. The zero-order chi connectivity index (χ0) is 30.3. The van der Waals surface area contributed by atoms with Crippen LogP contribution in [0.3, 0.4) is 0 Å². The summed E-state index contributed by atoms with van der Waals surface area (Å²) in [6.45, 7) is 5.98. The summed E-state index contributed by atoms with van der Waals surface area (Å²) in [5.74, 6) is -5.73. The first kappa shape index (κ1) is 30.7. The molecule has 14 heteroatoms. The molecule has 4 rings (SSSR count). The number of benzene rings is 2. The minimum Gasteiger partial charge on any atom is -0.463 e. The number of aliphatic imine (C=N–C) groups is 1. The van der Waals surface area contributed by atoms with E-state index in [4.69, 9.17) is 21.1 Å². The van der Waals surface area contributed by atoms with Crippen molar-refractivity contribution in [1.82, 2.24) is 5.32 Å². The van der Waals surface area contributed by atoms with Crippen molar-refractivity contribution in [1.29, 1.82) is 0 Å². The van der Waals surface area contributed by atoms with Gasteiger partial charge in [-0.15, -0.1) is 0 Å². The van der Waals surface area contributed by atoms with Crippen LogP contribution < -0.4 is 5.32 Å². The van der Waals surface area contributed by atoms with Crippen LogP contribution in [0.1, 0.15) is 39.2 Å². The molecule has 0 saturated carbocycles. The molecule has 2 aromatic carbocycles. The van der Waals surface area contributed by atoms with Crippen molar-refractivity contribution < 1.29 is 40.3 Å². The van der Waals surface area contributed by atoms with Gasteiger partial charge in [0.15, 0.2) is 9.84 Å². The Hall–Kier alpha value is -3.29. The highest BCUT2D eigenvalue weighted by Gasteiger charge is 2.49. The smallest absolute Gasteiger partial charge is 0.407 e. The average molecular weight is 627 g/mol. The van der Waals surface area contributed by atoms with Crippen molar-refractivity contribution in [2.45, 2.75) is 49.0 Å². The summed E-state index contributed by atoms with van der Waals surface area (Å²) in [6, 6.07) is 8.78. The number of carbonyl (C=O) groups is 2. The Morgan fingerprint density at radius 3 is 2.37 bits per heavy atom. The highest BCUT2D eigenvalue weighted by molar-refractivity contribution is 7.97. The van der Waals surface area contributed by atoms with Gasteiger partial charge in [-0.2, -0.15) is 0 Å². The molecule has 0 spiro atoms. The number of rotatable bonds is 5. The molecule has 2 aliphatic rings. The summed E-state index contributed by atoms with van der Waals surface area (Å²) >= 11 is 6.39. The lowest BCUT2D eigenvalue weighted by Crippen LogP contribution is -2.39. The van der Waals surface area contributed by atoms with E-state index >= 15 is 4.39 Å². The maximum Gasteiger partial charge on any atom is 0.407 e. The maximum atomic E-state index is 15.4. The van der Waals surface area contributed by atoms with Crippen LogP contribution in [-0.2, 0) is 33.9 Å². The van der Waals surface area contributed by atoms with Crippen LogP contribution >= 0.6 is 11.6 Å². The lowest BCUT2D eigenvalue weighted by Gasteiger charge is -2.32. The number of amides is 1. The number of nitrogens with one attached hydrogen (secondary N) is 1. The molecule has 2 aliphatic heterocycles. The topological polar surface area (TPSA) is 145 Å². The van der Waals surface area contributed by atoms with Gasteiger partial charge in [0.25, 0.3) is 0 Å². The normalized spacial score (nSPS) is 21.1. The zero-order valence-electron chi connectivity index (χ0n) is 22.6. The Bertz CT molecular complexity index is 1680. The number of ether oxygens (including phenoxy) is 2. The van der Waals surface area contributed by atoms with Gasteiger partial charge in [0, 0.05) is 22.2 Å². The average Bonchev–Trinajstić information content (AvgIpc) is 2.91. The van der Waals surface area contributed by atoms with E-state index in [9.17, 15) is 26.4 Å². The number of sulfone groups is 2.